The summed E-state index contributed by atoms with van der Waals surface area (Å²) in [6.45, 7) is 3.60. The van der Waals surface area contributed by atoms with Crippen molar-refractivity contribution < 1.29 is 4.79 Å². The smallest absolute Gasteiger partial charge is 0.167 e. The Morgan fingerprint density at radius 3 is 2.85 bits per heavy atom. The van der Waals surface area contributed by atoms with Gasteiger partial charge in [-0.15, -0.1) is 0 Å². The summed E-state index contributed by atoms with van der Waals surface area (Å²) in [5, 5.41) is 8.06. The maximum Gasteiger partial charge on any atom is 0.167 e. The molecule has 0 radical (unpaired) electrons. The van der Waals surface area contributed by atoms with Crippen LogP contribution in [0.1, 0.15) is 32.7 Å². The minimum atomic E-state index is 0.0812. The molecule has 0 unspecified atom stereocenters. The molecule has 2 aromatic rings. The SMILES string of the molecule is Cc1nn(C)c(Cl)c1CC(=O)c1ccc2c(c1)CNC2. The van der Waals surface area contributed by atoms with E-state index in [1.165, 1.54) is 11.1 Å². The highest BCUT2D eigenvalue weighted by Gasteiger charge is 2.18. The number of carbonyl (C=O) groups excluding carboxylic acids is 1. The molecule has 0 saturated carbocycles. The van der Waals surface area contributed by atoms with Crippen LogP contribution in [-0.4, -0.2) is 15.6 Å². The number of ketones is 1. The Morgan fingerprint density at radius 1 is 1.40 bits per heavy atom. The molecule has 0 bridgehead atoms. The van der Waals surface area contributed by atoms with Crippen LogP contribution in [0.15, 0.2) is 18.2 Å². The molecule has 1 aliphatic rings. The number of aromatic nitrogens is 2. The van der Waals surface area contributed by atoms with Crippen LogP contribution in [0, 0.1) is 6.92 Å². The fourth-order valence-electron chi connectivity index (χ4n) is 2.61. The van der Waals surface area contributed by atoms with E-state index in [2.05, 4.69) is 10.4 Å². The van der Waals surface area contributed by atoms with Crippen molar-refractivity contribution in [1.82, 2.24) is 15.1 Å². The fourth-order valence-corrected chi connectivity index (χ4v) is 2.85. The summed E-state index contributed by atoms with van der Waals surface area (Å²) in [5.74, 6) is 0.0812. The molecular weight excluding hydrogens is 274 g/mol. The largest absolute Gasteiger partial charge is 0.309 e. The lowest BCUT2D eigenvalue weighted by molar-refractivity contribution is 0.0992. The summed E-state index contributed by atoms with van der Waals surface area (Å²) in [6, 6.07) is 5.91. The van der Waals surface area contributed by atoms with Crippen LogP contribution >= 0.6 is 11.6 Å². The fraction of sp³-hybridized carbons (Fsp3) is 0.333. The third-order valence-corrected chi connectivity index (χ3v) is 4.24. The van der Waals surface area contributed by atoms with Crippen LogP contribution in [0.4, 0.5) is 0 Å². The zero-order valence-electron chi connectivity index (χ0n) is 11.5. The summed E-state index contributed by atoms with van der Waals surface area (Å²) in [5.41, 5.74) is 4.86. The number of hydrogen-bond acceptors (Lipinski definition) is 3. The lowest BCUT2D eigenvalue weighted by Gasteiger charge is -2.04. The van der Waals surface area contributed by atoms with Crippen LogP contribution in [0.2, 0.25) is 5.15 Å². The second-order valence-electron chi connectivity index (χ2n) is 5.17. The van der Waals surface area contributed by atoms with Gasteiger partial charge in [0.1, 0.15) is 5.15 Å². The molecule has 1 aromatic heterocycles. The first kappa shape index (κ1) is 13.3. The molecule has 0 saturated heterocycles. The summed E-state index contributed by atoms with van der Waals surface area (Å²) >= 11 is 6.18. The van der Waals surface area contributed by atoms with E-state index in [1.54, 1.807) is 11.7 Å². The highest BCUT2D eigenvalue weighted by atomic mass is 35.5. The van der Waals surface area contributed by atoms with E-state index in [0.29, 0.717) is 11.6 Å². The van der Waals surface area contributed by atoms with Gasteiger partial charge in [0.05, 0.1) is 5.69 Å². The quantitative estimate of drug-likeness (QED) is 0.883. The van der Waals surface area contributed by atoms with Gasteiger partial charge in [-0.2, -0.15) is 5.10 Å². The molecule has 20 heavy (non-hydrogen) atoms. The molecule has 104 valence electrons. The van der Waals surface area contributed by atoms with Crippen LogP contribution in [0.5, 0.6) is 0 Å². The predicted molar refractivity (Wildman–Crippen MR) is 78.0 cm³/mol. The molecule has 2 heterocycles. The molecule has 0 spiro atoms. The lowest BCUT2D eigenvalue weighted by atomic mass is 10.00. The number of halogens is 1. The first-order valence-electron chi connectivity index (χ1n) is 6.60. The van der Waals surface area contributed by atoms with Gasteiger partial charge in [-0.3, -0.25) is 9.48 Å². The highest BCUT2D eigenvalue weighted by molar-refractivity contribution is 6.30. The summed E-state index contributed by atoms with van der Waals surface area (Å²) < 4.78 is 1.60. The van der Waals surface area contributed by atoms with Gasteiger partial charge < -0.3 is 5.32 Å². The van der Waals surface area contributed by atoms with Crippen molar-refractivity contribution in [3.8, 4) is 0 Å². The van der Waals surface area contributed by atoms with Crippen LogP contribution < -0.4 is 5.32 Å². The van der Waals surface area contributed by atoms with E-state index in [-0.39, 0.29) is 5.78 Å². The Bertz CT molecular complexity index is 691. The third-order valence-electron chi connectivity index (χ3n) is 3.77. The van der Waals surface area contributed by atoms with Gasteiger partial charge >= 0.3 is 0 Å². The van der Waals surface area contributed by atoms with E-state index in [0.717, 1.165) is 29.9 Å². The van der Waals surface area contributed by atoms with Gasteiger partial charge in [-0.1, -0.05) is 23.7 Å². The molecule has 1 N–H and O–H groups in total. The molecule has 1 aromatic carbocycles. The third kappa shape index (κ3) is 2.25. The van der Waals surface area contributed by atoms with E-state index < -0.39 is 0 Å². The first-order valence-corrected chi connectivity index (χ1v) is 6.97. The standard InChI is InChI=1S/C15H16ClN3O/c1-9-13(15(16)19(2)18-9)6-14(20)10-3-4-11-7-17-8-12(11)5-10/h3-5,17H,6-8H2,1-2H3. The van der Waals surface area contributed by atoms with Crippen LogP contribution in [-0.2, 0) is 26.6 Å². The number of Topliss-reactive ketones (excluding diaryl/α,β-unsaturated/α-hetero) is 1. The molecule has 5 heteroatoms. The predicted octanol–water partition coefficient (Wildman–Crippen LogP) is 2.41. The summed E-state index contributed by atoms with van der Waals surface area (Å²) in [6.07, 6.45) is 0.296. The molecule has 0 fully saturated rings. The van der Waals surface area contributed by atoms with Crippen molar-refractivity contribution in [2.75, 3.05) is 0 Å². The molecular formula is C15H16ClN3O. The van der Waals surface area contributed by atoms with Crippen molar-refractivity contribution >= 4 is 17.4 Å². The highest BCUT2D eigenvalue weighted by Crippen LogP contribution is 2.22. The van der Waals surface area contributed by atoms with E-state index in [1.807, 2.05) is 25.1 Å². The summed E-state index contributed by atoms with van der Waals surface area (Å²) in [7, 11) is 1.78. The number of rotatable bonds is 3. The second kappa shape index (κ2) is 5.04. The van der Waals surface area contributed by atoms with E-state index in [9.17, 15) is 4.79 Å². The zero-order chi connectivity index (χ0) is 14.3. The number of carbonyl (C=O) groups is 1. The number of fused-ring (bicyclic) bond motifs is 1. The Kier molecular flexibility index (Phi) is 3.36. The van der Waals surface area contributed by atoms with Crippen LogP contribution in [0.3, 0.4) is 0 Å². The molecule has 0 atom stereocenters. The Morgan fingerprint density at radius 2 is 2.15 bits per heavy atom. The normalized spacial score (nSPS) is 13.6. The monoisotopic (exact) mass is 289 g/mol. The van der Waals surface area contributed by atoms with Gasteiger partial charge in [-0.05, 0) is 24.1 Å². The average Bonchev–Trinajstić information content (AvgIpc) is 2.98. The second-order valence-corrected chi connectivity index (χ2v) is 5.52. The zero-order valence-corrected chi connectivity index (χ0v) is 12.3. The number of hydrogen-bond donors (Lipinski definition) is 1. The topological polar surface area (TPSA) is 46.9 Å². The number of nitrogens with one attached hydrogen (secondary N) is 1. The van der Waals surface area contributed by atoms with Crippen molar-refractivity contribution in [2.45, 2.75) is 26.4 Å². The minimum Gasteiger partial charge on any atom is -0.309 e. The van der Waals surface area contributed by atoms with Gasteiger partial charge in [0.15, 0.2) is 5.78 Å². The van der Waals surface area contributed by atoms with Gasteiger partial charge in [0.2, 0.25) is 0 Å². The average molecular weight is 290 g/mol. The Hall–Kier alpha value is -1.65. The van der Waals surface area contributed by atoms with Crippen molar-refractivity contribution in [3.63, 3.8) is 0 Å². The van der Waals surface area contributed by atoms with E-state index >= 15 is 0 Å². The lowest BCUT2D eigenvalue weighted by Crippen LogP contribution is -2.05. The summed E-state index contributed by atoms with van der Waals surface area (Å²) in [4.78, 5) is 12.4. The molecule has 4 nitrogen and oxygen atoms in total. The minimum absolute atomic E-state index is 0.0812. The van der Waals surface area contributed by atoms with E-state index in [4.69, 9.17) is 11.6 Å². The molecule has 1 aliphatic heterocycles. The van der Waals surface area contributed by atoms with Gasteiger partial charge in [-0.25, -0.2) is 0 Å². The van der Waals surface area contributed by atoms with Crippen LogP contribution in [0.25, 0.3) is 0 Å². The maximum absolute atomic E-state index is 12.4. The maximum atomic E-state index is 12.4. The molecule has 0 aliphatic carbocycles. The van der Waals surface area contributed by atoms with Crippen molar-refractivity contribution in [1.29, 1.82) is 0 Å². The molecule has 0 amide bonds. The molecule has 3 rings (SSSR count). The van der Waals surface area contributed by atoms with Crippen molar-refractivity contribution in [2.24, 2.45) is 7.05 Å². The van der Waals surface area contributed by atoms with Gasteiger partial charge in [0, 0.05) is 37.7 Å². The first-order chi connectivity index (χ1) is 9.56. The number of nitrogens with zero attached hydrogens (tertiary/aromatic N) is 2. The number of benzene rings is 1. The Labute approximate surface area is 122 Å². The number of aryl methyl sites for hydroxylation is 2. The Balaban J connectivity index is 1.86. The van der Waals surface area contributed by atoms with Gasteiger partial charge in [0.25, 0.3) is 0 Å². The van der Waals surface area contributed by atoms with Crippen molar-refractivity contribution in [3.05, 3.63) is 51.3 Å².